The van der Waals surface area contributed by atoms with Crippen LogP contribution >= 0.6 is 0 Å². The molecular formula is C24H32O6. The third-order valence-electron chi connectivity index (χ3n) is 4.97. The maximum Gasteiger partial charge on any atom is 0.131 e. The summed E-state index contributed by atoms with van der Waals surface area (Å²) >= 11 is 0. The van der Waals surface area contributed by atoms with Crippen molar-refractivity contribution in [2.75, 3.05) is 52.9 Å². The number of aliphatic hydroxyl groups is 2. The van der Waals surface area contributed by atoms with Crippen molar-refractivity contribution in [1.29, 1.82) is 0 Å². The first-order chi connectivity index (χ1) is 14.9. The standard InChI is InChI=1S/C24H32O6/c25-11-17-27-13-5-15-29-23-19-7-1-2-8-20(19)24(22-10-4-3-9-21(22)23)30-16-6-14-28-18-12-26/h1-4,7-8,25-26H,5-6,9-18H2. The van der Waals surface area contributed by atoms with E-state index in [-0.39, 0.29) is 13.2 Å². The van der Waals surface area contributed by atoms with Crippen molar-refractivity contribution in [3.8, 4) is 11.5 Å². The second-order valence-corrected chi connectivity index (χ2v) is 7.12. The van der Waals surface area contributed by atoms with E-state index in [1.165, 1.54) is 11.1 Å². The first-order valence-electron chi connectivity index (χ1n) is 10.7. The van der Waals surface area contributed by atoms with Gasteiger partial charge in [0.25, 0.3) is 0 Å². The van der Waals surface area contributed by atoms with Crippen molar-refractivity contribution >= 4 is 10.8 Å². The Morgan fingerprint density at radius 3 is 1.53 bits per heavy atom. The van der Waals surface area contributed by atoms with Gasteiger partial charge in [-0.15, -0.1) is 0 Å². The molecule has 0 heterocycles. The van der Waals surface area contributed by atoms with Crippen LogP contribution < -0.4 is 9.47 Å². The molecule has 2 aromatic carbocycles. The molecular weight excluding hydrogens is 384 g/mol. The van der Waals surface area contributed by atoms with Crippen LogP contribution in [0.4, 0.5) is 0 Å². The van der Waals surface area contributed by atoms with E-state index in [2.05, 4.69) is 24.3 Å². The fourth-order valence-corrected chi connectivity index (χ4v) is 3.65. The third kappa shape index (κ3) is 5.95. The Labute approximate surface area is 178 Å². The van der Waals surface area contributed by atoms with Crippen molar-refractivity contribution in [2.45, 2.75) is 25.7 Å². The molecule has 0 fully saturated rings. The number of rotatable bonds is 14. The summed E-state index contributed by atoms with van der Waals surface area (Å²) in [6.07, 6.45) is 7.55. The third-order valence-corrected chi connectivity index (χ3v) is 4.97. The van der Waals surface area contributed by atoms with Gasteiger partial charge < -0.3 is 29.2 Å². The molecule has 0 unspecified atom stereocenters. The van der Waals surface area contributed by atoms with E-state index in [0.717, 1.165) is 48.0 Å². The van der Waals surface area contributed by atoms with Crippen LogP contribution in [-0.2, 0) is 22.3 Å². The van der Waals surface area contributed by atoms with Crippen molar-refractivity contribution in [3.63, 3.8) is 0 Å². The van der Waals surface area contributed by atoms with Crippen molar-refractivity contribution < 1.29 is 29.2 Å². The predicted octanol–water partition coefficient (Wildman–Crippen LogP) is 3.05. The maximum absolute atomic E-state index is 8.80. The summed E-state index contributed by atoms with van der Waals surface area (Å²) in [7, 11) is 0. The van der Waals surface area contributed by atoms with Crippen LogP contribution in [0.1, 0.15) is 24.0 Å². The minimum atomic E-state index is 0.0420. The molecule has 0 saturated heterocycles. The van der Waals surface area contributed by atoms with Crippen molar-refractivity contribution in [2.24, 2.45) is 0 Å². The fourth-order valence-electron chi connectivity index (χ4n) is 3.65. The minimum Gasteiger partial charge on any atom is -0.493 e. The van der Waals surface area contributed by atoms with E-state index in [1.54, 1.807) is 0 Å². The van der Waals surface area contributed by atoms with Gasteiger partial charge in [0.1, 0.15) is 11.5 Å². The molecule has 6 nitrogen and oxygen atoms in total. The lowest BCUT2D eigenvalue weighted by atomic mass is 9.90. The lowest BCUT2D eigenvalue weighted by molar-refractivity contribution is 0.0833. The number of benzene rings is 2. The number of allylic oxidation sites excluding steroid dienone is 2. The predicted molar refractivity (Wildman–Crippen MR) is 117 cm³/mol. The van der Waals surface area contributed by atoms with Gasteiger partial charge in [-0.3, -0.25) is 0 Å². The van der Waals surface area contributed by atoms with E-state index >= 15 is 0 Å². The first-order valence-corrected chi connectivity index (χ1v) is 10.7. The van der Waals surface area contributed by atoms with Crippen LogP contribution in [0, 0.1) is 0 Å². The molecule has 0 saturated carbocycles. The van der Waals surface area contributed by atoms with Crippen LogP contribution in [0.2, 0.25) is 0 Å². The van der Waals surface area contributed by atoms with Crippen LogP contribution in [0.25, 0.3) is 10.8 Å². The Balaban J connectivity index is 1.77. The van der Waals surface area contributed by atoms with Gasteiger partial charge in [-0.25, -0.2) is 0 Å². The van der Waals surface area contributed by atoms with Crippen LogP contribution in [0.5, 0.6) is 11.5 Å². The summed E-state index contributed by atoms with van der Waals surface area (Å²) in [5, 5.41) is 19.7. The Bertz CT molecular complexity index is 750. The molecule has 0 radical (unpaired) electrons. The summed E-state index contributed by atoms with van der Waals surface area (Å²) in [5.74, 6) is 1.87. The number of aliphatic hydroxyl groups excluding tert-OH is 2. The molecule has 0 spiro atoms. The zero-order valence-electron chi connectivity index (χ0n) is 17.5. The van der Waals surface area contributed by atoms with Crippen LogP contribution in [-0.4, -0.2) is 63.1 Å². The number of hydrogen-bond donors (Lipinski definition) is 2. The topological polar surface area (TPSA) is 77.4 Å². The first kappa shape index (κ1) is 22.6. The van der Waals surface area contributed by atoms with Gasteiger partial charge in [-0.2, -0.15) is 0 Å². The Morgan fingerprint density at radius 1 is 0.633 bits per heavy atom. The molecule has 0 bridgehead atoms. The van der Waals surface area contributed by atoms with E-state index in [4.69, 9.17) is 29.2 Å². The lowest BCUT2D eigenvalue weighted by Crippen LogP contribution is -2.11. The number of ether oxygens (including phenoxy) is 4. The van der Waals surface area contributed by atoms with Gasteiger partial charge in [0.15, 0.2) is 0 Å². The van der Waals surface area contributed by atoms with Gasteiger partial charge in [0, 0.05) is 48.0 Å². The SMILES string of the molecule is OCCOCCCOc1c2c(c(OCCCOCCO)c3ccccc13)CC=CC2. The van der Waals surface area contributed by atoms with E-state index in [0.29, 0.717) is 39.6 Å². The summed E-state index contributed by atoms with van der Waals surface area (Å²) in [4.78, 5) is 0. The van der Waals surface area contributed by atoms with E-state index in [9.17, 15) is 0 Å². The average molecular weight is 417 g/mol. The molecule has 30 heavy (non-hydrogen) atoms. The van der Waals surface area contributed by atoms with E-state index in [1.807, 2.05) is 12.1 Å². The molecule has 2 aromatic rings. The number of hydrogen-bond acceptors (Lipinski definition) is 6. The lowest BCUT2D eigenvalue weighted by Gasteiger charge is -2.23. The highest BCUT2D eigenvalue weighted by Gasteiger charge is 2.21. The van der Waals surface area contributed by atoms with Gasteiger partial charge in [0.05, 0.1) is 39.6 Å². The largest absolute Gasteiger partial charge is 0.493 e. The molecule has 0 atom stereocenters. The molecule has 1 aliphatic rings. The molecule has 6 heteroatoms. The minimum absolute atomic E-state index is 0.0420. The fraction of sp³-hybridized carbons (Fsp3) is 0.500. The Hall–Kier alpha value is -2.12. The normalized spacial score (nSPS) is 12.9. The summed E-state index contributed by atoms with van der Waals surface area (Å²) in [5.41, 5.74) is 2.39. The van der Waals surface area contributed by atoms with Crippen LogP contribution in [0.3, 0.4) is 0 Å². The Morgan fingerprint density at radius 2 is 1.10 bits per heavy atom. The van der Waals surface area contributed by atoms with Gasteiger partial charge in [-0.05, 0) is 12.8 Å². The highest BCUT2D eigenvalue weighted by Crippen LogP contribution is 2.43. The molecule has 1 aliphatic carbocycles. The van der Waals surface area contributed by atoms with Gasteiger partial charge >= 0.3 is 0 Å². The highest BCUT2D eigenvalue weighted by molar-refractivity contribution is 5.96. The highest BCUT2D eigenvalue weighted by atomic mass is 16.5. The molecule has 0 aromatic heterocycles. The Kier molecular flexibility index (Phi) is 9.44. The quantitative estimate of drug-likeness (QED) is 0.364. The van der Waals surface area contributed by atoms with Gasteiger partial charge in [0.2, 0.25) is 0 Å². The number of fused-ring (bicyclic) bond motifs is 2. The zero-order valence-corrected chi connectivity index (χ0v) is 17.5. The summed E-state index contributed by atoms with van der Waals surface area (Å²) in [6, 6.07) is 8.22. The maximum atomic E-state index is 8.80. The van der Waals surface area contributed by atoms with Crippen LogP contribution in [0.15, 0.2) is 36.4 Å². The molecule has 164 valence electrons. The van der Waals surface area contributed by atoms with E-state index < -0.39 is 0 Å². The summed E-state index contributed by atoms with van der Waals surface area (Å²) < 4.78 is 23.2. The molecule has 0 amide bonds. The smallest absolute Gasteiger partial charge is 0.131 e. The monoisotopic (exact) mass is 416 g/mol. The summed E-state index contributed by atoms with van der Waals surface area (Å²) in [6.45, 7) is 3.07. The van der Waals surface area contributed by atoms with Crippen molar-refractivity contribution in [3.05, 3.63) is 47.5 Å². The molecule has 0 aliphatic heterocycles. The molecule has 2 N–H and O–H groups in total. The second kappa shape index (κ2) is 12.5. The average Bonchev–Trinajstić information content (AvgIpc) is 2.79. The zero-order chi connectivity index (χ0) is 21.0. The van der Waals surface area contributed by atoms with Crippen molar-refractivity contribution in [1.82, 2.24) is 0 Å². The van der Waals surface area contributed by atoms with Gasteiger partial charge in [-0.1, -0.05) is 36.4 Å². The molecule has 3 rings (SSSR count). The second-order valence-electron chi connectivity index (χ2n) is 7.12.